The quantitative estimate of drug-likeness (QED) is 0.889. The molecule has 0 unspecified atom stereocenters. The first kappa shape index (κ1) is 15.2. The molecule has 102 valence electrons. The van der Waals surface area contributed by atoms with Crippen molar-refractivity contribution >= 4 is 18.1 Å². The lowest BCUT2D eigenvalue weighted by Crippen LogP contribution is -2.28. The molecule has 1 aliphatic heterocycles. The third-order valence-corrected chi connectivity index (χ3v) is 3.17. The predicted molar refractivity (Wildman–Crippen MR) is 72.8 cm³/mol. The van der Waals surface area contributed by atoms with Gasteiger partial charge in [0.1, 0.15) is 0 Å². The van der Waals surface area contributed by atoms with E-state index >= 15 is 0 Å². The van der Waals surface area contributed by atoms with Crippen molar-refractivity contribution in [3.05, 3.63) is 29.3 Å². The smallest absolute Gasteiger partial charge is 0.251 e. The summed E-state index contributed by atoms with van der Waals surface area (Å²) < 4.78 is 24.8. The van der Waals surface area contributed by atoms with E-state index in [-0.39, 0.29) is 19.0 Å². The molecule has 0 amide bonds. The first-order valence-electron chi connectivity index (χ1n) is 6.06. The normalized spacial score (nSPS) is 13.4. The van der Waals surface area contributed by atoms with Gasteiger partial charge >= 0.3 is 0 Å². The first-order chi connectivity index (χ1) is 8.20. The molecule has 1 aromatic rings. The Morgan fingerprint density at radius 2 is 2.17 bits per heavy atom. The van der Waals surface area contributed by atoms with E-state index in [0.717, 1.165) is 24.2 Å². The number of halogens is 3. The Kier molecular flexibility index (Phi) is 5.82. The van der Waals surface area contributed by atoms with Gasteiger partial charge in [-0.25, -0.2) is 8.78 Å². The predicted octanol–water partition coefficient (Wildman–Crippen LogP) is 3.16. The SMILES string of the molecule is CCN(Cc1cccc2c1NCC2)CC(F)F.Cl. The summed E-state index contributed by atoms with van der Waals surface area (Å²) in [6.45, 7) is 3.96. The molecular weight excluding hydrogens is 258 g/mol. The van der Waals surface area contributed by atoms with Crippen molar-refractivity contribution in [2.24, 2.45) is 0 Å². The zero-order valence-corrected chi connectivity index (χ0v) is 11.3. The Morgan fingerprint density at radius 3 is 2.83 bits per heavy atom. The van der Waals surface area contributed by atoms with Gasteiger partial charge in [0.2, 0.25) is 0 Å². The lowest BCUT2D eigenvalue weighted by Gasteiger charge is -2.21. The highest BCUT2D eigenvalue weighted by molar-refractivity contribution is 5.85. The maximum absolute atomic E-state index is 12.4. The fourth-order valence-electron chi connectivity index (χ4n) is 2.28. The molecule has 18 heavy (non-hydrogen) atoms. The summed E-state index contributed by atoms with van der Waals surface area (Å²) in [5, 5.41) is 3.34. The van der Waals surface area contributed by atoms with Gasteiger partial charge < -0.3 is 5.32 Å². The fourth-order valence-corrected chi connectivity index (χ4v) is 2.28. The molecule has 2 rings (SSSR count). The van der Waals surface area contributed by atoms with Crippen molar-refractivity contribution in [3.8, 4) is 0 Å². The summed E-state index contributed by atoms with van der Waals surface area (Å²) in [6, 6.07) is 6.13. The zero-order chi connectivity index (χ0) is 12.3. The Balaban J connectivity index is 0.00000162. The first-order valence-corrected chi connectivity index (χ1v) is 6.06. The maximum atomic E-state index is 12.4. The topological polar surface area (TPSA) is 15.3 Å². The van der Waals surface area contributed by atoms with Crippen LogP contribution in [0.25, 0.3) is 0 Å². The Hall–Kier alpha value is -0.870. The van der Waals surface area contributed by atoms with Crippen LogP contribution in [0.5, 0.6) is 0 Å². The standard InChI is InChI=1S/C13H18F2N2.ClH/c1-2-17(9-12(14)15)8-11-5-3-4-10-6-7-16-13(10)11;/h3-5,12,16H,2,6-9H2,1H3;1H. The number of alkyl halides is 2. The number of anilines is 1. The Bertz CT molecular complexity index is 385. The minimum absolute atomic E-state index is 0. The average molecular weight is 277 g/mol. The highest BCUT2D eigenvalue weighted by Crippen LogP contribution is 2.27. The second-order valence-corrected chi connectivity index (χ2v) is 4.35. The van der Waals surface area contributed by atoms with E-state index in [1.54, 1.807) is 4.90 Å². The van der Waals surface area contributed by atoms with Crippen LogP contribution >= 0.6 is 12.4 Å². The van der Waals surface area contributed by atoms with Gasteiger partial charge in [0.05, 0.1) is 6.54 Å². The van der Waals surface area contributed by atoms with Gasteiger partial charge in [0, 0.05) is 18.8 Å². The van der Waals surface area contributed by atoms with Crippen LogP contribution in [0.15, 0.2) is 18.2 Å². The number of fused-ring (bicyclic) bond motifs is 1. The van der Waals surface area contributed by atoms with Gasteiger partial charge in [-0.05, 0) is 24.1 Å². The summed E-state index contributed by atoms with van der Waals surface area (Å²) in [5.41, 5.74) is 3.58. The van der Waals surface area contributed by atoms with Gasteiger partial charge in [-0.1, -0.05) is 25.1 Å². The van der Waals surface area contributed by atoms with E-state index in [4.69, 9.17) is 0 Å². The summed E-state index contributed by atoms with van der Waals surface area (Å²) in [4.78, 5) is 1.78. The molecule has 0 aliphatic carbocycles. The van der Waals surface area contributed by atoms with Crippen LogP contribution in [0, 0.1) is 0 Å². The van der Waals surface area contributed by atoms with Crippen molar-refractivity contribution in [2.45, 2.75) is 26.3 Å². The molecule has 5 heteroatoms. The summed E-state index contributed by atoms with van der Waals surface area (Å²) in [7, 11) is 0. The number of benzene rings is 1. The average Bonchev–Trinajstić information content (AvgIpc) is 2.76. The van der Waals surface area contributed by atoms with E-state index in [1.807, 2.05) is 19.1 Å². The molecule has 1 N–H and O–H groups in total. The Labute approximate surface area is 113 Å². The number of nitrogens with zero attached hydrogens (tertiary/aromatic N) is 1. The molecule has 1 aromatic carbocycles. The van der Waals surface area contributed by atoms with Crippen LogP contribution in [0.3, 0.4) is 0 Å². The van der Waals surface area contributed by atoms with Crippen molar-refractivity contribution < 1.29 is 8.78 Å². The van der Waals surface area contributed by atoms with Crippen LogP contribution in [0.1, 0.15) is 18.1 Å². The lowest BCUT2D eigenvalue weighted by atomic mass is 10.1. The largest absolute Gasteiger partial charge is 0.384 e. The minimum atomic E-state index is -2.26. The molecule has 0 radical (unpaired) electrons. The van der Waals surface area contributed by atoms with Crippen molar-refractivity contribution in [1.82, 2.24) is 4.90 Å². The zero-order valence-electron chi connectivity index (χ0n) is 10.5. The van der Waals surface area contributed by atoms with E-state index in [1.165, 1.54) is 5.56 Å². The molecule has 0 aromatic heterocycles. The van der Waals surface area contributed by atoms with Crippen molar-refractivity contribution in [2.75, 3.05) is 25.0 Å². The van der Waals surface area contributed by atoms with Crippen molar-refractivity contribution in [1.29, 1.82) is 0 Å². The van der Waals surface area contributed by atoms with E-state index in [2.05, 4.69) is 11.4 Å². The van der Waals surface area contributed by atoms with Gasteiger partial charge in [-0.15, -0.1) is 12.4 Å². The van der Waals surface area contributed by atoms with E-state index < -0.39 is 6.43 Å². The molecule has 0 saturated carbocycles. The van der Waals surface area contributed by atoms with Crippen LogP contribution in [-0.4, -0.2) is 31.0 Å². The highest BCUT2D eigenvalue weighted by Gasteiger charge is 2.16. The molecule has 0 saturated heterocycles. The molecule has 1 heterocycles. The molecule has 0 atom stereocenters. The van der Waals surface area contributed by atoms with Crippen LogP contribution < -0.4 is 5.32 Å². The summed E-state index contributed by atoms with van der Waals surface area (Å²) >= 11 is 0. The molecular formula is C13H19ClF2N2. The lowest BCUT2D eigenvalue weighted by molar-refractivity contribution is 0.0875. The van der Waals surface area contributed by atoms with Gasteiger partial charge in [-0.3, -0.25) is 4.90 Å². The number of para-hydroxylation sites is 1. The minimum Gasteiger partial charge on any atom is -0.384 e. The number of hydrogen-bond acceptors (Lipinski definition) is 2. The Morgan fingerprint density at radius 1 is 1.39 bits per heavy atom. The maximum Gasteiger partial charge on any atom is 0.251 e. The number of nitrogens with one attached hydrogen (secondary N) is 1. The second kappa shape index (κ2) is 6.90. The van der Waals surface area contributed by atoms with Gasteiger partial charge in [0.15, 0.2) is 0 Å². The fraction of sp³-hybridized carbons (Fsp3) is 0.538. The summed E-state index contributed by atoms with van der Waals surface area (Å²) in [6.07, 6.45) is -1.23. The molecule has 0 bridgehead atoms. The molecule has 1 aliphatic rings. The number of rotatable bonds is 5. The molecule has 0 fully saturated rings. The monoisotopic (exact) mass is 276 g/mol. The second-order valence-electron chi connectivity index (χ2n) is 4.35. The van der Waals surface area contributed by atoms with Gasteiger partial charge in [0.25, 0.3) is 6.43 Å². The van der Waals surface area contributed by atoms with Crippen LogP contribution in [0.2, 0.25) is 0 Å². The van der Waals surface area contributed by atoms with E-state index in [9.17, 15) is 8.78 Å². The van der Waals surface area contributed by atoms with Gasteiger partial charge in [-0.2, -0.15) is 0 Å². The van der Waals surface area contributed by atoms with Crippen LogP contribution in [-0.2, 0) is 13.0 Å². The highest BCUT2D eigenvalue weighted by atomic mass is 35.5. The molecule has 2 nitrogen and oxygen atoms in total. The molecule has 0 spiro atoms. The van der Waals surface area contributed by atoms with Crippen LogP contribution in [0.4, 0.5) is 14.5 Å². The van der Waals surface area contributed by atoms with E-state index in [0.29, 0.717) is 13.1 Å². The van der Waals surface area contributed by atoms with Crippen molar-refractivity contribution in [3.63, 3.8) is 0 Å². The number of hydrogen-bond donors (Lipinski definition) is 1. The third kappa shape index (κ3) is 3.56. The summed E-state index contributed by atoms with van der Waals surface area (Å²) in [5.74, 6) is 0. The third-order valence-electron chi connectivity index (χ3n) is 3.17.